The number of rotatable bonds is 5. The van der Waals surface area contributed by atoms with Crippen molar-refractivity contribution in [1.82, 2.24) is 14.9 Å². The van der Waals surface area contributed by atoms with Gasteiger partial charge in [0.25, 0.3) is 0 Å². The summed E-state index contributed by atoms with van der Waals surface area (Å²) in [5, 5.41) is 0. The molecule has 0 saturated heterocycles. The van der Waals surface area contributed by atoms with E-state index in [4.69, 9.17) is 4.74 Å². The number of carbonyl (C=O) groups is 1. The van der Waals surface area contributed by atoms with Crippen molar-refractivity contribution in [2.45, 2.75) is 45.4 Å². The SMILES string of the molecule is C=CC1CC1N(Cc1ncc(-c2ccc(Br)cc2F)[nH]1)C(=O)OC(C)(C)C. The Morgan fingerprint density at radius 1 is 1.52 bits per heavy atom. The van der Waals surface area contributed by atoms with Crippen LogP contribution in [0.15, 0.2) is 41.5 Å². The Labute approximate surface area is 166 Å². The summed E-state index contributed by atoms with van der Waals surface area (Å²) in [5.74, 6) is 0.487. The summed E-state index contributed by atoms with van der Waals surface area (Å²) < 4.78 is 20.4. The largest absolute Gasteiger partial charge is 0.444 e. The van der Waals surface area contributed by atoms with Gasteiger partial charge in [-0.25, -0.2) is 14.2 Å². The number of halogens is 2. The average molecular weight is 436 g/mol. The second kappa shape index (κ2) is 7.46. The number of hydrogen-bond donors (Lipinski definition) is 1. The molecule has 1 fully saturated rings. The number of benzene rings is 1. The first-order chi connectivity index (χ1) is 12.7. The Morgan fingerprint density at radius 3 is 2.85 bits per heavy atom. The van der Waals surface area contributed by atoms with Crippen LogP contribution in [0.1, 0.15) is 33.0 Å². The number of amides is 1. The summed E-state index contributed by atoms with van der Waals surface area (Å²) in [5.41, 5.74) is 0.411. The van der Waals surface area contributed by atoms with Gasteiger partial charge in [-0.2, -0.15) is 0 Å². The van der Waals surface area contributed by atoms with Gasteiger partial charge in [0.2, 0.25) is 0 Å². The van der Waals surface area contributed by atoms with E-state index in [1.807, 2.05) is 26.8 Å². The molecular formula is C20H23BrFN3O2. The molecule has 144 valence electrons. The zero-order valence-electron chi connectivity index (χ0n) is 15.6. The van der Waals surface area contributed by atoms with Crippen LogP contribution in [0.3, 0.4) is 0 Å². The molecule has 2 aromatic rings. The third-order valence-electron chi connectivity index (χ3n) is 4.31. The zero-order chi connectivity index (χ0) is 19.8. The van der Waals surface area contributed by atoms with Crippen molar-refractivity contribution in [2.75, 3.05) is 0 Å². The Morgan fingerprint density at radius 2 is 2.26 bits per heavy atom. The molecule has 0 aliphatic heterocycles. The number of nitrogens with one attached hydrogen (secondary N) is 1. The zero-order valence-corrected chi connectivity index (χ0v) is 17.2. The molecule has 1 N–H and O–H groups in total. The number of H-pyrrole nitrogens is 1. The minimum atomic E-state index is -0.581. The predicted octanol–water partition coefficient (Wildman–Crippen LogP) is 5.29. The quantitative estimate of drug-likeness (QED) is 0.648. The topological polar surface area (TPSA) is 58.2 Å². The fraction of sp³-hybridized carbons (Fsp3) is 0.400. The van der Waals surface area contributed by atoms with Crippen molar-refractivity contribution < 1.29 is 13.9 Å². The normalized spacial score (nSPS) is 18.9. The minimum absolute atomic E-state index is 0.0512. The molecule has 2 atom stereocenters. The molecule has 27 heavy (non-hydrogen) atoms. The monoisotopic (exact) mass is 435 g/mol. The van der Waals surface area contributed by atoms with Gasteiger partial charge in [0.1, 0.15) is 17.2 Å². The molecule has 1 amide bonds. The number of ether oxygens (including phenoxy) is 1. The van der Waals surface area contributed by atoms with Gasteiger partial charge >= 0.3 is 6.09 Å². The lowest BCUT2D eigenvalue weighted by molar-refractivity contribution is 0.0205. The molecule has 5 nitrogen and oxygen atoms in total. The molecule has 1 aliphatic carbocycles. The smallest absolute Gasteiger partial charge is 0.410 e. The highest BCUT2D eigenvalue weighted by Crippen LogP contribution is 2.38. The Hall–Kier alpha value is -2.15. The van der Waals surface area contributed by atoms with Crippen LogP contribution in [0.25, 0.3) is 11.3 Å². The maximum atomic E-state index is 14.2. The lowest BCUT2D eigenvalue weighted by Gasteiger charge is -2.27. The Kier molecular flexibility index (Phi) is 5.42. The van der Waals surface area contributed by atoms with Crippen LogP contribution in [0.4, 0.5) is 9.18 Å². The molecule has 2 unspecified atom stereocenters. The summed E-state index contributed by atoms with van der Waals surface area (Å²) in [6, 6.07) is 4.90. The van der Waals surface area contributed by atoms with Gasteiger partial charge in [-0.3, -0.25) is 4.90 Å². The van der Waals surface area contributed by atoms with Crippen LogP contribution in [0.2, 0.25) is 0 Å². The van der Waals surface area contributed by atoms with Gasteiger partial charge < -0.3 is 9.72 Å². The fourth-order valence-electron chi connectivity index (χ4n) is 2.90. The van der Waals surface area contributed by atoms with Gasteiger partial charge in [0.15, 0.2) is 0 Å². The lowest BCUT2D eigenvalue weighted by atomic mass is 10.1. The van der Waals surface area contributed by atoms with Crippen molar-refractivity contribution in [3.8, 4) is 11.3 Å². The molecule has 1 aliphatic rings. The van der Waals surface area contributed by atoms with Gasteiger partial charge in [0.05, 0.1) is 18.4 Å². The van der Waals surface area contributed by atoms with E-state index in [1.54, 1.807) is 23.2 Å². The van der Waals surface area contributed by atoms with E-state index in [0.717, 1.165) is 6.42 Å². The first-order valence-corrected chi connectivity index (χ1v) is 9.58. The lowest BCUT2D eigenvalue weighted by Crippen LogP contribution is -2.38. The standard InChI is InChI=1S/C20H23BrFN3O2/c1-5-12-8-17(12)25(19(26)27-20(2,3)4)11-18-23-10-16(24-18)14-7-6-13(21)9-15(14)22/h5-7,9-10,12,17H,1,8,11H2,2-4H3,(H,23,24). The van der Waals surface area contributed by atoms with Gasteiger partial charge in [-0.15, -0.1) is 6.58 Å². The van der Waals surface area contributed by atoms with Crippen LogP contribution < -0.4 is 0 Å². The summed E-state index contributed by atoms with van der Waals surface area (Å²) in [6.45, 7) is 9.58. The molecule has 0 radical (unpaired) electrons. The molecule has 7 heteroatoms. The highest BCUT2D eigenvalue weighted by Gasteiger charge is 2.43. The molecular weight excluding hydrogens is 413 g/mol. The predicted molar refractivity (Wildman–Crippen MR) is 106 cm³/mol. The van der Waals surface area contributed by atoms with Crippen molar-refractivity contribution in [1.29, 1.82) is 0 Å². The summed E-state index contributed by atoms with van der Waals surface area (Å²) >= 11 is 3.25. The van der Waals surface area contributed by atoms with E-state index >= 15 is 0 Å². The number of hydrogen-bond acceptors (Lipinski definition) is 3. The molecule has 0 bridgehead atoms. The number of aromatic nitrogens is 2. The summed E-state index contributed by atoms with van der Waals surface area (Å²) in [6.07, 6.45) is 3.90. The highest BCUT2D eigenvalue weighted by molar-refractivity contribution is 9.10. The first-order valence-electron chi connectivity index (χ1n) is 8.79. The van der Waals surface area contributed by atoms with Gasteiger partial charge in [0, 0.05) is 16.1 Å². The Bertz CT molecular complexity index is 859. The molecule has 1 aromatic carbocycles. The third kappa shape index (κ3) is 4.77. The van der Waals surface area contributed by atoms with E-state index < -0.39 is 5.60 Å². The van der Waals surface area contributed by atoms with Gasteiger partial charge in [-0.05, 0) is 51.3 Å². The van der Waals surface area contributed by atoms with Crippen LogP contribution in [-0.2, 0) is 11.3 Å². The summed E-state index contributed by atoms with van der Waals surface area (Å²) in [4.78, 5) is 21.7. The number of carbonyl (C=O) groups excluding carboxylic acids is 1. The number of nitrogens with zero attached hydrogens (tertiary/aromatic N) is 2. The number of aromatic amines is 1. The molecule has 3 rings (SSSR count). The Balaban J connectivity index is 1.79. The van der Waals surface area contributed by atoms with E-state index in [1.165, 1.54) is 6.07 Å². The van der Waals surface area contributed by atoms with Gasteiger partial charge in [-0.1, -0.05) is 22.0 Å². The van der Waals surface area contributed by atoms with E-state index in [9.17, 15) is 9.18 Å². The fourth-order valence-corrected chi connectivity index (χ4v) is 3.23. The molecule has 1 aromatic heterocycles. The van der Waals surface area contributed by atoms with Crippen LogP contribution >= 0.6 is 15.9 Å². The molecule has 1 saturated carbocycles. The maximum absolute atomic E-state index is 14.2. The van der Waals surface area contributed by atoms with Crippen LogP contribution in [-0.4, -0.2) is 32.6 Å². The van der Waals surface area contributed by atoms with E-state index in [2.05, 4.69) is 32.5 Å². The van der Waals surface area contributed by atoms with Crippen molar-refractivity contribution in [2.24, 2.45) is 5.92 Å². The highest BCUT2D eigenvalue weighted by atomic mass is 79.9. The second-order valence-electron chi connectivity index (χ2n) is 7.68. The van der Waals surface area contributed by atoms with Crippen molar-refractivity contribution in [3.05, 3.63) is 53.2 Å². The minimum Gasteiger partial charge on any atom is -0.444 e. The summed E-state index contributed by atoms with van der Waals surface area (Å²) in [7, 11) is 0. The van der Waals surface area contributed by atoms with Crippen molar-refractivity contribution >= 4 is 22.0 Å². The number of imidazole rings is 1. The average Bonchev–Trinajstić information content (AvgIpc) is 3.20. The first kappa shape index (κ1) is 19.6. The third-order valence-corrected chi connectivity index (χ3v) is 4.80. The van der Waals surface area contributed by atoms with Crippen molar-refractivity contribution in [3.63, 3.8) is 0 Å². The second-order valence-corrected chi connectivity index (χ2v) is 8.59. The van der Waals surface area contributed by atoms with Crippen LogP contribution in [0.5, 0.6) is 0 Å². The molecule has 0 spiro atoms. The molecule has 1 heterocycles. The maximum Gasteiger partial charge on any atom is 0.410 e. The van der Waals surface area contributed by atoms with E-state index in [0.29, 0.717) is 21.6 Å². The van der Waals surface area contributed by atoms with E-state index in [-0.39, 0.29) is 30.4 Å². The van der Waals surface area contributed by atoms with Crippen LogP contribution in [0, 0.1) is 11.7 Å².